The van der Waals surface area contributed by atoms with Gasteiger partial charge < -0.3 is 10.2 Å². The largest absolute Gasteiger partial charge is 0.336 e. The van der Waals surface area contributed by atoms with Crippen molar-refractivity contribution >= 4 is 17.8 Å². The number of hydrogen-bond donors (Lipinski definition) is 1. The van der Waals surface area contributed by atoms with Crippen molar-refractivity contribution in [2.45, 2.75) is 44.3 Å². The third-order valence-corrected chi connectivity index (χ3v) is 7.08. The van der Waals surface area contributed by atoms with Gasteiger partial charge >= 0.3 is 6.03 Å². The molecule has 2 aliphatic rings. The Labute approximate surface area is 205 Å². The Hall–Kier alpha value is -3.93. The number of amides is 4. The molecule has 0 spiro atoms. The third kappa shape index (κ3) is 4.44. The highest BCUT2D eigenvalue weighted by Gasteiger charge is 2.54. The Kier molecular flexibility index (Phi) is 6.12. The van der Waals surface area contributed by atoms with Crippen molar-refractivity contribution in [1.82, 2.24) is 15.1 Å². The van der Waals surface area contributed by atoms with Gasteiger partial charge in [0.15, 0.2) is 0 Å². The van der Waals surface area contributed by atoms with Gasteiger partial charge in [-0.25, -0.2) is 9.69 Å². The van der Waals surface area contributed by atoms with E-state index < -0.39 is 17.6 Å². The quantitative estimate of drug-likeness (QED) is 0.562. The highest BCUT2D eigenvalue weighted by Crippen LogP contribution is 2.29. The number of benzene rings is 3. The van der Waals surface area contributed by atoms with Crippen molar-refractivity contribution in [1.29, 1.82) is 0 Å². The third-order valence-electron chi connectivity index (χ3n) is 7.08. The van der Waals surface area contributed by atoms with E-state index in [9.17, 15) is 14.4 Å². The van der Waals surface area contributed by atoms with Crippen LogP contribution in [0.1, 0.15) is 29.2 Å². The van der Waals surface area contributed by atoms with Gasteiger partial charge in [-0.2, -0.15) is 0 Å². The number of carbonyl (C=O) groups is 3. The van der Waals surface area contributed by atoms with Crippen molar-refractivity contribution in [3.63, 3.8) is 0 Å². The van der Waals surface area contributed by atoms with Crippen LogP contribution in [-0.2, 0) is 35.4 Å². The summed E-state index contributed by atoms with van der Waals surface area (Å²) in [5, 5.41) is 2.99. The Bertz CT molecular complexity index is 1200. The molecule has 3 aromatic carbocycles. The summed E-state index contributed by atoms with van der Waals surface area (Å²) < 4.78 is 0. The monoisotopic (exact) mass is 467 g/mol. The van der Waals surface area contributed by atoms with E-state index in [0.717, 1.165) is 28.0 Å². The van der Waals surface area contributed by atoms with Crippen LogP contribution in [0, 0.1) is 0 Å². The van der Waals surface area contributed by atoms with Crippen LogP contribution in [0.25, 0.3) is 0 Å². The predicted molar refractivity (Wildman–Crippen MR) is 133 cm³/mol. The van der Waals surface area contributed by atoms with Gasteiger partial charge in [0.1, 0.15) is 11.6 Å². The molecule has 6 heteroatoms. The molecule has 3 aromatic rings. The van der Waals surface area contributed by atoms with Crippen LogP contribution >= 0.6 is 0 Å². The molecule has 1 fully saturated rings. The standard InChI is InChI=1S/C29H29N3O3/c1-21(26(33)31-17-16-24-14-8-9-15-25(24)20-31)32-27(34)29(30-28(32)35,18-22-10-4-2-5-11-22)19-23-12-6-3-7-13-23/h2-15,21H,16-20H2,1H3,(H,30,35)/t21-/m0/s1. The first-order valence-corrected chi connectivity index (χ1v) is 12.1. The van der Waals surface area contributed by atoms with Crippen LogP contribution in [-0.4, -0.2) is 45.8 Å². The molecule has 2 aliphatic heterocycles. The molecule has 1 saturated heterocycles. The second-order valence-corrected chi connectivity index (χ2v) is 9.47. The number of nitrogens with zero attached hydrogens (tertiary/aromatic N) is 2. The Morgan fingerprint density at radius 2 is 1.40 bits per heavy atom. The molecule has 35 heavy (non-hydrogen) atoms. The van der Waals surface area contributed by atoms with E-state index in [4.69, 9.17) is 0 Å². The fourth-order valence-corrected chi connectivity index (χ4v) is 5.24. The molecular weight excluding hydrogens is 438 g/mol. The lowest BCUT2D eigenvalue weighted by Gasteiger charge is -2.33. The maximum absolute atomic E-state index is 13.9. The van der Waals surface area contributed by atoms with Gasteiger partial charge in [0.25, 0.3) is 5.91 Å². The predicted octanol–water partition coefficient (Wildman–Crippen LogP) is 3.74. The zero-order valence-electron chi connectivity index (χ0n) is 19.8. The number of urea groups is 1. The number of imide groups is 1. The maximum atomic E-state index is 13.9. The molecule has 178 valence electrons. The average molecular weight is 468 g/mol. The highest BCUT2D eigenvalue weighted by atomic mass is 16.2. The summed E-state index contributed by atoms with van der Waals surface area (Å²) in [5.41, 5.74) is 3.10. The fraction of sp³-hybridized carbons (Fsp3) is 0.276. The number of carbonyl (C=O) groups excluding carboxylic acids is 3. The lowest BCUT2D eigenvalue weighted by molar-refractivity contribution is -0.143. The van der Waals surface area contributed by atoms with Gasteiger partial charge in [0.05, 0.1) is 0 Å². The number of hydrogen-bond acceptors (Lipinski definition) is 3. The Morgan fingerprint density at radius 1 is 0.857 bits per heavy atom. The van der Waals surface area contributed by atoms with E-state index in [0.29, 0.717) is 25.9 Å². The molecule has 0 radical (unpaired) electrons. The minimum atomic E-state index is -1.15. The molecule has 2 heterocycles. The minimum absolute atomic E-state index is 0.210. The number of nitrogens with one attached hydrogen (secondary N) is 1. The summed E-state index contributed by atoms with van der Waals surface area (Å²) in [6.07, 6.45) is 1.46. The van der Waals surface area contributed by atoms with E-state index >= 15 is 0 Å². The van der Waals surface area contributed by atoms with Crippen molar-refractivity contribution in [3.05, 3.63) is 107 Å². The minimum Gasteiger partial charge on any atom is -0.336 e. The molecule has 0 unspecified atom stereocenters. The van der Waals surface area contributed by atoms with Gasteiger partial charge in [0.2, 0.25) is 5.91 Å². The molecule has 1 N–H and O–H groups in total. The summed E-state index contributed by atoms with van der Waals surface area (Å²) in [5.74, 6) is -0.563. The zero-order valence-corrected chi connectivity index (χ0v) is 19.8. The molecule has 4 amide bonds. The molecule has 0 aliphatic carbocycles. The van der Waals surface area contributed by atoms with E-state index in [1.165, 1.54) is 5.56 Å². The Balaban J connectivity index is 1.41. The van der Waals surface area contributed by atoms with Crippen molar-refractivity contribution in [3.8, 4) is 0 Å². The summed E-state index contributed by atoms with van der Waals surface area (Å²) in [6.45, 7) is 2.71. The van der Waals surface area contributed by atoms with Gasteiger partial charge in [-0.05, 0) is 35.6 Å². The Morgan fingerprint density at radius 3 is 2.00 bits per heavy atom. The van der Waals surface area contributed by atoms with Gasteiger partial charge in [-0.3, -0.25) is 9.59 Å². The fourth-order valence-electron chi connectivity index (χ4n) is 5.24. The second kappa shape index (κ2) is 9.37. The van der Waals surface area contributed by atoms with E-state index in [1.54, 1.807) is 11.8 Å². The number of fused-ring (bicyclic) bond motifs is 1. The smallest absolute Gasteiger partial charge is 0.325 e. The first kappa shape index (κ1) is 22.8. The first-order chi connectivity index (χ1) is 17.0. The normalized spacial score (nSPS) is 17.6. The van der Waals surface area contributed by atoms with E-state index in [1.807, 2.05) is 78.9 Å². The topological polar surface area (TPSA) is 69.7 Å². The summed E-state index contributed by atoms with van der Waals surface area (Å²) in [7, 11) is 0. The first-order valence-electron chi connectivity index (χ1n) is 12.1. The van der Waals surface area contributed by atoms with Crippen LogP contribution < -0.4 is 5.32 Å². The summed E-state index contributed by atoms with van der Waals surface area (Å²) >= 11 is 0. The lowest BCUT2D eigenvalue weighted by Crippen LogP contribution is -2.53. The second-order valence-electron chi connectivity index (χ2n) is 9.47. The maximum Gasteiger partial charge on any atom is 0.325 e. The van der Waals surface area contributed by atoms with Crippen molar-refractivity contribution in [2.24, 2.45) is 0 Å². The van der Waals surface area contributed by atoms with E-state index in [2.05, 4.69) is 11.4 Å². The van der Waals surface area contributed by atoms with Crippen LogP contribution in [0.15, 0.2) is 84.9 Å². The molecule has 6 nitrogen and oxygen atoms in total. The van der Waals surface area contributed by atoms with Crippen molar-refractivity contribution in [2.75, 3.05) is 6.54 Å². The molecule has 0 saturated carbocycles. The van der Waals surface area contributed by atoms with Crippen molar-refractivity contribution < 1.29 is 14.4 Å². The highest BCUT2D eigenvalue weighted by molar-refractivity contribution is 6.10. The molecule has 0 bridgehead atoms. The summed E-state index contributed by atoms with van der Waals surface area (Å²) in [6, 6.07) is 26.0. The van der Waals surface area contributed by atoms with E-state index in [-0.39, 0.29) is 11.8 Å². The zero-order chi connectivity index (χ0) is 24.4. The summed E-state index contributed by atoms with van der Waals surface area (Å²) in [4.78, 5) is 43.5. The molecule has 0 aromatic heterocycles. The number of rotatable bonds is 6. The van der Waals surface area contributed by atoms with Crippen LogP contribution in [0.4, 0.5) is 4.79 Å². The van der Waals surface area contributed by atoms with Gasteiger partial charge in [-0.1, -0.05) is 84.9 Å². The SMILES string of the molecule is C[C@@H](C(=O)N1CCc2ccccc2C1)N1C(=O)NC(Cc2ccccc2)(Cc2ccccc2)C1=O. The lowest BCUT2D eigenvalue weighted by atomic mass is 9.84. The van der Waals surface area contributed by atoms with Gasteiger partial charge in [-0.15, -0.1) is 0 Å². The van der Waals surface area contributed by atoms with Crippen LogP contribution in [0.2, 0.25) is 0 Å². The van der Waals surface area contributed by atoms with Gasteiger partial charge in [0, 0.05) is 25.9 Å². The van der Waals surface area contributed by atoms with Crippen LogP contribution in [0.5, 0.6) is 0 Å². The molecule has 1 atom stereocenters. The van der Waals surface area contributed by atoms with Crippen LogP contribution in [0.3, 0.4) is 0 Å². The molecule has 5 rings (SSSR count). The average Bonchev–Trinajstić information content (AvgIpc) is 3.12. The molecular formula is C29H29N3O3.